The molecule has 6 heteroatoms. The second-order valence-corrected chi connectivity index (χ2v) is 5.06. The van der Waals surface area contributed by atoms with E-state index in [0.717, 1.165) is 16.9 Å². The zero-order valence-electron chi connectivity index (χ0n) is 10.3. The summed E-state index contributed by atoms with van der Waals surface area (Å²) in [6.45, 7) is 0. The van der Waals surface area contributed by atoms with Crippen LogP contribution in [0.1, 0.15) is 0 Å². The quantitative estimate of drug-likeness (QED) is 0.783. The van der Waals surface area contributed by atoms with Crippen molar-refractivity contribution in [3.63, 3.8) is 0 Å². The molecule has 20 heavy (non-hydrogen) atoms. The summed E-state index contributed by atoms with van der Waals surface area (Å²) < 4.78 is 1.86. The summed E-state index contributed by atoms with van der Waals surface area (Å²) in [5, 5.41) is 1.20. The number of nitrogens with two attached hydrogens (primary N) is 1. The average Bonchev–Trinajstić information content (AvgIpc) is 2.90. The minimum Gasteiger partial charge on any atom is -0.384 e. The van der Waals surface area contributed by atoms with Crippen molar-refractivity contribution in [2.24, 2.45) is 0 Å². The Labute approximate surface area is 125 Å². The van der Waals surface area contributed by atoms with Crippen LogP contribution in [0, 0.1) is 0 Å². The van der Waals surface area contributed by atoms with E-state index in [9.17, 15) is 0 Å². The van der Waals surface area contributed by atoms with Crippen LogP contribution in [-0.2, 0) is 0 Å². The van der Waals surface area contributed by atoms with Gasteiger partial charge in [0.05, 0.1) is 28.9 Å². The third-order valence-corrected chi connectivity index (χ3v) is 3.44. The summed E-state index contributed by atoms with van der Waals surface area (Å²) in [6.07, 6.45) is 5.08. The molecule has 2 N–H and O–H groups in total. The van der Waals surface area contributed by atoms with E-state index in [0.29, 0.717) is 15.9 Å². The summed E-state index contributed by atoms with van der Waals surface area (Å²) >= 11 is 12.3. The highest BCUT2D eigenvalue weighted by Gasteiger charge is 2.10. The van der Waals surface area contributed by atoms with Crippen molar-refractivity contribution in [3.05, 3.63) is 59.1 Å². The largest absolute Gasteiger partial charge is 0.384 e. The van der Waals surface area contributed by atoms with E-state index in [1.54, 1.807) is 43.0 Å². The van der Waals surface area contributed by atoms with Gasteiger partial charge in [0.1, 0.15) is 5.82 Å². The van der Waals surface area contributed by atoms with Crippen molar-refractivity contribution in [3.8, 4) is 16.9 Å². The van der Waals surface area contributed by atoms with E-state index in [-0.39, 0.29) is 0 Å². The lowest BCUT2D eigenvalue weighted by atomic mass is 10.2. The van der Waals surface area contributed by atoms with Crippen LogP contribution >= 0.6 is 23.2 Å². The number of nitrogen functional groups attached to an aromatic ring is 1. The topological polar surface area (TPSA) is 56.7 Å². The van der Waals surface area contributed by atoms with Gasteiger partial charge in [0.25, 0.3) is 0 Å². The first-order chi connectivity index (χ1) is 9.65. The number of hydrogen-bond acceptors (Lipinski definition) is 3. The normalized spacial score (nSPS) is 10.7. The zero-order chi connectivity index (χ0) is 14.1. The molecule has 2 heterocycles. The van der Waals surface area contributed by atoms with Gasteiger partial charge in [0.15, 0.2) is 0 Å². The Kier molecular flexibility index (Phi) is 3.34. The second-order valence-electron chi connectivity index (χ2n) is 4.21. The number of anilines is 1. The molecule has 3 aromatic rings. The lowest BCUT2D eigenvalue weighted by molar-refractivity contribution is 1.06. The van der Waals surface area contributed by atoms with Crippen molar-refractivity contribution >= 4 is 29.0 Å². The van der Waals surface area contributed by atoms with Gasteiger partial charge in [-0.1, -0.05) is 23.2 Å². The summed E-state index contributed by atoms with van der Waals surface area (Å²) in [7, 11) is 0. The van der Waals surface area contributed by atoms with Gasteiger partial charge in [-0.05, 0) is 30.3 Å². The van der Waals surface area contributed by atoms with Crippen molar-refractivity contribution in [1.82, 2.24) is 14.5 Å². The zero-order valence-corrected chi connectivity index (χ0v) is 11.8. The monoisotopic (exact) mass is 304 g/mol. The molecule has 0 unspecified atom stereocenters. The molecule has 0 aliphatic rings. The van der Waals surface area contributed by atoms with Gasteiger partial charge in [0, 0.05) is 16.8 Å². The number of imidazole rings is 1. The van der Waals surface area contributed by atoms with Crippen LogP contribution < -0.4 is 5.73 Å². The summed E-state index contributed by atoms with van der Waals surface area (Å²) in [6, 6.07) is 8.94. The predicted molar refractivity (Wildman–Crippen MR) is 81.2 cm³/mol. The van der Waals surface area contributed by atoms with Crippen LogP contribution in [0.5, 0.6) is 0 Å². The van der Waals surface area contributed by atoms with E-state index in [4.69, 9.17) is 28.9 Å². The molecule has 0 saturated carbocycles. The van der Waals surface area contributed by atoms with Crippen molar-refractivity contribution < 1.29 is 0 Å². The number of pyridine rings is 1. The van der Waals surface area contributed by atoms with E-state index in [1.165, 1.54) is 0 Å². The van der Waals surface area contributed by atoms with Gasteiger partial charge in [-0.25, -0.2) is 9.97 Å². The molecular weight excluding hydrogens is 295 g/mol. The Balaban J connectivity index is 2.18. The van der Waals surface area contributed by atoms with Crippen LogP contribution in [0.15, 0.2) is 49.1 Å². The molecule has 100 valence electrons. The van der Waals surface area contributed by atoms with Gasteiger partial charge in [0.2, 0.25) is 0 Å². The molecule has 4 nitrogen and oxygen atoms in total. The third kappa shape index (κ3) is 2.35. The molecule has 2 aromatic heterocycles. The van der Waals surface area contributed by atoms with Crippen LogP contribution in [0.25, 0.3) is 16.9 Å². The fraction of sp³-hybridized carbons (Fsp3) is 0. The standard InChI is InChI=1S/C14H10Cl2N4/c15-10-1-2-11(16)12(6-10)20-8-18-7-13(20)9-3-4-19-14(17)5-9/h1-8H,(H2,17,19). The summed E-state index contributed by atoms with van der Waals surface area (Å²) in [5.41, 5.74) is 8.26. The highest BCUT2D eigenvalue weighted by atomic mass is 35.5. The highest BCUT2D eigenvalue weighted by Crippen LogP contribution is 2.29. The SMILES string of the molecule is Nc1cc(-c2cncn2-c2cc(Cl)ccc2Cl)ccn1. The van der Waals surface area contributed by atoms with Crippen molar-refractivity contribution in [2.75, 3.05) is 5.73 Å². The summed E-state index contributed by atoms with van der Waals surface area (Å²) in [5.74, 6) is 0.451. The van der Waals surface area contributed by atoms with E-state index in [1.807, 2.05) is 10.6 Å². The van der Waals surface area contributed by atoms with E-state index >= 15 is 0 Å². The van der Waals surface area contributed by atoms with Gasteiger partial charge >= 0.3 is 0 Å². The van der Waals surface area contributed by atoms with Crippen LogP contribution in [-0.4, -0.2) is 14.5 Å². The number of rotatable bonds is 2. The first-order valence-corrected chi connectivity index (χ1v) is 6.60. The molecule has 0 atom stereocenters. The van der Waals surface area contributed by atoms with Crippen molar-refractivity contribution in [2.45, 2.75) is 0 Å². The maximum Gasteiger partial charge on any atom is 0.123 e. The minimum absolute atomic E-state index is 0.451. The first kappa shape index (κ1) is 13.0. The molecule has 0 aliphatic carbocycles. The Morgan fingerprint density at radius 3 is 2.75 bits per heavy atom. The van der Waals surface area contributed by atoms with Gasteiger partial charge < -0.3 is 5.73 Å². The molecule has 1 aromatic carbocycles. The number of hydrogen-bond donors (Lipinski definition) is 1. The Morgan fingerprint density at radius 2 is 1.95 bits per heavy atom. The predicted octanol–water partition coefficient (Wildman–Crippen LogP) is 3.82. The lowest BCUT2D eigenvalue weighted by Crippen LogP contribution is -1.97. The van der Waals surface area contributed by atoms with Crippen molar-refractivity contribution in [1.29, 1.82) is 0 Å². The third-order valence-electron chi connectivity index (χ3n) is 2.88. The Bertz CT molecular complexity index is 767. The van der Waals surface area contributed by atoms with Gasteiger partial charge in [-0.15, -0.1) is 0 Å². The Hall–Kier alpha value is -2.04. The summed E-state index contributed by atoms with van der Waals surface area (Å²) in [4.78, 5) is 8.16. The Morgan fingerprint density at radius 1 is 1.10 bits per heavy atom. The molecule has 0 saturated heterocycles. The maximum atomic E-state index is 6.23. The molecule has 0 amide bonds. The molecule has 0 aliphatic heterocycles. The number of aromatic nitrogens is 3. The van der Waals surface area contributed by atoms with Crippen LogP contribution in [0.3, 0.4) is 0 Å². The van der Waals surface area contributed by atoms with Gasteiger partial charge in [-0.2, -0.15) is 0 Å². The number of nitrogens with zero attached hydrogens (tertiary/aromatic N) is 3. The molecule has 0 spiro atoms. The second kappa shape index (κ2) is 5.15. The van der Waals surface area contributed by atoms with Gasteiger partial charge in [-0.3, -0.25) is 4.57 Å². The first-order valence-electron chi connectivity index (χ1n) is 5.85. The molecule has 0 bridgehead atoms. The fourth-order valence-electron chi connectivity index (χ4n) is 1.98. The fourth-order valence-corrected chi connectivity index (χ4v) is 2.35. The number of benzene rings is 1. The maximum absolute atomic E-state index is 6.23. The molecule has 0 fully saturated rings. The molecular formula is C14H10Cl2N4. The van der Waals surface area contributed by atoms with Crippen LogP contribution in [0.4, 0.5) is 5.82 Å². The number of halogens is 2. The molecule has 3 rings (SSSR count). The average molecular weight is 305 g/mol. The van der Waals surface area contributed by atoms with Crippen LogP contribution in [0.2, 0.25) is 10.0 Å². The highest BCUT2D eigenvalue weighted by molar-refractivity contribution is 6.34. The minimum atomic E-state index is 0.451. The smallest absolute Gasteiger partial charge is 0.123 e. The van der Waals surface area contributed by atoms with E-state index < -0.39 is 0 Å². The van der Waals surface area contributed by atoms with E-state index in [2.05, 4.69) is 9.97 Å². The molecule has 0 radical (unpaired) electrons. The lowest BCUT2D eigenvalue weighted by Gasteiger charge is -2.10.